The maximum absolute atomic E-state index is 12.9. The first-order valence-electron chi connectivity index (χ1n) is 11.3. The van der Waals surface area contributed by atoms with E-state index in [0.29, 0.717) is 48.6 Å². The monoisotopic (exact) mass is 466 g/mol. The van der Waals surface area contributed by atoms with Gasteiger partial charge in [0.25, 0.3) is 0 Å². The predicted molar refractivity (Wildman–Crippen MR) is 126 cm³/mol. The fourth-order valence-corrected chi connectivity index (χ4v) is 4.20. The number of hydrogen-bond donors (Lipinski definition) is 1. The lowest BCUT2D eigenvalue weighted by Crippen LogP contribution is -2.42. The molecule has 180 valence electrons. The van der Waals surface area contributed by atoms with Crippen molar-refractivity contribution in [2.45, 2.75) is 25.9 Å². The average Bonchev–Trinajstić information content (AvgIpc) is 3.35. The lowest BCUT2D eigenvalue weighted by molar-refractivity contribution is -0.127. The molecule has 1 amide bonds. The molecule has 1 unspecified atom stereocenters. The molecule has 1 saturated heterocycles. The molecule has 0 spiro atoms. The number of benzene rings is 2. The van der Waals surface area contributed by atoms with E-state index in [0.717, 1.165) is 30.5 Å². The normalized spacial score (nSPS) is 16.1. The molecule has 4 rings (SSSR count). The van der Waals surface area contributed by atoms with Gasteiger partial charge in [-0.05, 0) is 37.1 Å². The van der Waals surface area contributed by atoms with Crippen LogP contribution in [0.4, 0.5) is 0 Å². The van der Waals surface area contributed by atoms with Gasteiger partial charge in [0, 0.05) is 18.7 Å². The highest BCUT2D eigenvalue weighted by Gasteiger charge is 2.27. The molecular formula is C25H30N4O5. The van der Waals surface area contributed by atoms with Gasteiger partial charge in [-0.1, -0.05) is 35.5 Å². The number of likely N-dealkylation sites (tertiary alicyclic amines) is 1. The summed E-state index contributed by atoms with van der Waals surface area (Å²) >= 11 is 0. The molecule has 0 aliphatic carbocycles. The van der Waals surface area contributed by atoms with E-state index in [1.807, 2.05) is 42.5 Å². The average molecular weight is 467 g/mol. The summed E-state index contributed by atoms with van der Waals surface area (Å²) in [5.74, 6) is 2.69. The highest BCUT2D eigenvalue weighted by molar-refractivity contribution is 5.79. The van der Waals surface area contributed by atoms with Crippen LogP contribution in [0.25, 0.3) is 11.4 Å². The van der Waals surface area contributed by atoms with Crippen molar-refractivity contribution in [3.63, 3.8) is 0 Å². The maximum Gasteiger partial charge on any atom is 0.241 e. The number of nitrogens with zero attached hydrogens (tertiary/aromatic N) is 3. The third kappa shape index (κ3) is 5.48. The number of carbonyl (C=O) groups is 1. The lowest BCUT2D eigenvalue weighted by Gasteiger charge is -2.30. The molecule has 1 N–H and O–H groups in total. The Morgan fingerprint density at radius 2 is 1.85 bits per heavy atom. The number of nitrogens with one attached hydrogen (secondary N) is 1. The van der Waals surface area contributed by atoms with Crippen LogP contribution in [-0.2, 0) is 17.9 Å². The van der Waals surface area contributed by atoms with Crippen molar-refractivity contribution in [2.24, 2.45) is 5.92 Å². The van der Waals surface area contributed by atoms with Crippen molar-refractivity contribution >= 4 is 5.91 Å². The molecule has 0 bridgehead atoms. The minimum atomic E-state index is -0.104. The standard InChI is InChI=1S/C25H30N4O5/c1-31-20-12-17(13-21(32-2)23(20)33-3)14-26-25(30)19-10-7-11-29(15-19)16-22-27-24(28-34-22)18-8-5-4-6-9-18/h4-6,8-9,12-13,19H,7,10-11,14-16H2,1-3H3,(H,26,30). The molecule has 1 aromatic heterocycles. The third-order valence-corrected chi connectivity index (χ3v) is 5.93. The number of ether oxygens (including phenoxy) is 3. The second kappa shape index (κ2) is 11.0. The van der Waals surface area contributed by atoms with Gasteiger partial charge >= 0.3 is 0 Å². The van der Waals surface area contributed by atoms with Crippen LogP contribution in [0.1, 0.15) is 24.3 Å². The molecule has 1 aliphatic rings. The van der Waals surface area contributed by atoms with Crippen LogP contribution in [0.15, 0.2) is 47.0 Å². The van der Waals surface area contributed by atoms with E-state index in [1.54, 1.807) is 21.3 Å². The zero-order valence-corrected chi connectivity index (χ0v) is 19.7. The Morgan fingerprint density at radius 1 is 1.12 bits per heavy atom. The van der Waals surface area contributed by atoms with Crippen molar-refractivity contribution in [1.82, 2.24) is 20.4 Å². The predicted octanol–water partition coefficient (Wildman–Crippen LogP) is 3.29. The lowest BCUT2D eigenvalue weighted by atomic mass is 9.97. The zero-order valence-electron chi connectivity index (χ0n) is 19.7. The summed E-state index contributed by atoms with van der Waals surface area (Å²) < 4.78 is 21.6. The summed E-state index contributed by atoms with van der Waals surface area (Å²) in [7, 11) is 4.71. The zero-order chi connectivity index (χ0) is 23.9. The largest absolute Gasteiger partial charge is 0.493 e. The van der Waals surface area contributed by atoms with Gasteiger partial charge in [0.05, 0.1) is 33.8 Å². The summed E-state index contributed by atoms with van der Waals surface area (Å²) in [5, 5.41) is 7.14. The Bertz CT molecular complexity index is 1080. The summed E-state index contributed by atoms with van der Waals surface area (Å²) in [6.07, 6.45) is 1.78. The molecule has 1 fully saturated rings. The van der Waals surface area contributed by atoms with E-state index in [-0.39, 0.29) is 11.8 Å². The van der Waals surface area contributed by atoms with E-state index < -0.39 is 0 Å². The van der Waals surface area contributed by atoms with Crippen LogP contribution in [0, 0.1) is 5.92 Å². The van der Waals surface area contributed by atoms with Gasteiger partial charge in [-0.25, -0.2) is 0 Å². The van der Waals surface area contributed by atoms with E-state index >= 15 is 0 Å². The van der Waals surface area contributed by atoms with E-state index in [4.69, 9.17) is 18.7 Å². The first kappa shape index (κ1) is 23.6. The summed E-state index contributed by atoms with van der Waals surface area (Å²) in [6, 6.07) is 13.4. The highest BCUT2D eigenvalue weighted by Crippen LogP contribution is 2.38. The molecule has 1 atom stereocenters. The first-order valence-corrected chi connectivity index (χ1v) is 11.3. The molecule has 0 radical (unpaired) electrons. The number of carbonyl (C=O) groups excluding carboxylic acids is 1. The Morgan fingerprint density at radius 3 is 2.53 bits per heavy atom. The molecular weight excluding hydrogens is 436 g/mol. The molecule has 34 heavy (non-hydrogen) atoms. The fraction of sp³-hybridized carbons (Fsp3) is 0.400. The quantitative estimate of drug-likeness (QED) is 0.513. The highest BCUT2D eigenvalue weighted by atomic mass is 16.5. The number of methoxy groups -OCH3 is 3. The van der Waals surface area contributed by atoms with Gasteiger partial charge in [0.15, 0.2) is 11.5 Å². The van der Waals surface area contributed by atoms with Crippen molar-refractivity contribution < 1.29 is 23.5 Å². The van der Waals surface area contributed by atoms with Crippen molar-refractivity contribution in [3.8, 4) is 28.6 Å². The van der Waals surface area contributed by atoms with Gasteiger partial charge in [0.2, 0.25) is 23.4 Å². The van der Waals surface area contributed by atoms with Gasteiger partial charge in [-0.15, -0.1) is 0 Å². The molecule has 3 aromatic rings. The van der Waals surface area contributed by atoms with E-state index in [9.17, 15) is 4.79 Å². The van der Waals surface area contributed by atoms with Crippen molar-refractivity contribution in [2.75, 3.05) is 34.4 Å². The van der Waals surface area contributed by atoms with Gasteiger partial charge < -0.3 is 24.1 Å². The molecule has 0 saturated carbocycles. The van der Waals surface area contributed by atoms with Crippen LogP contribution in [0.2, 0.25) is 0 Å². The minimum Gasteiger partial charge on any atom is -0.493 e. The number of piperidine rings is 1. The molecule has 2 heterocycles. The topological polar surface area (TPSA) is 99.0 Å². The smallest absolute Gasteiger partial charge is 0.241 e. The molecule has 9 heteroatoms. The van der Waals surface area contributed by atoms with Crippen LogP contribution in [0.5, 0.6) is 17.2 Å². The van der Waals surface area contributed by atoms with E-state index in [1.165, 1.54) is 0 Å². The Hall–Kier alpha value is -3.59. The number of aromatic nitrogens is 2. The van der Waals surface area contributed by atoms with E-state index in [2.05, 4.69) is 20.4 Å². The second-order valence-electron chi connectivity index (χ2n) is 8.20. The Balaban J connectivity index is 1.34. The maximum atomic E-state index is 12.9. The Kier molecular flexibility index (Phi) is 7.64. The van der Waals surface area contributed by atoms with Crippen molar-refractivity contribution in [1.29, 1.82) is 0 Å². The van der Waals surface area contributed by atoms with Gasteiger partial charge in [-0.3, -0.25) is 9.69 Å². The molecule has 9 nitrogen and oxygen atoms in total. The van der Waals surface area contributed by atoms with Crippen LogP contribution < -0.4 is 19.5 Å². The first-order chi connectivity index (χ1) is 16.6. The van der Waals surface area contributed by atoms with Gasteiger partial charge in [0.1, 0.15) is 0 Å². The minimum absolute atomic E-state index is 0.0222. The summed E-state index contributed by atoms with van der Waals surface area (Å²) in [4.78, 5) is 19.6. The third-order valence-electron chi connectivity index (χ3n) is 5.93. The summed E-state index contributed by atoms with van der Waals surface area (Å²) in [6.45, 7) is 2.43. The second-order valence-corrected chi connectivity index (χ2v) is 8.20. The number of hydrogen-bond acceptors (Lipinski definition) is 8. The molecule has 2 aromatic carbocycles. The fourth-order valence-electron chi connectivity index (χ4n) is 4.20. The Labute approximate surface area is 199 Å². The number of rotatable bonds is 9. The SMILES string of the molecule is COc1cc(CNC(=O)C2CCCN(Cc3nc(-c4ccccc4)no3)C2)cc(OC)c1OC. The van der Waals surface area contributed by atoms with Crippen molar-refractivity contribution in [3.05, 3.63) is 53.9 Å². The van der Waals surface area contributed by atoms with Crippen LogP contribution in [0.3, 0.4) is 0 Å². The van der Waals surface area contributed by atoms with Crippen LogP contribution >= 0.6 is 0 Å². The number of amides is 1. The van der Waals surface area contributed by atoms with Gasteiger partial charge in [-0.2, -0.15) is 4.98 Å². The van der Waals surface area contributed by atoms with Crippen LogP contribution in [-0.4, -0.2) is 55.4 Å². The summed E-state index contributed by atoms with van der Waals surface area (Å²) in [5.41, 5.74) is 1.79. The molecule has 1 aliphatic heterocycles.